The third-order valence-corrected chi connectivity index (χ3v) is 4.62. The first-order valence-corrected chi connectivity index (χ1v) is 8.18. The molecule has 23 heavy (non-hydrogen) atoms. The van der Waals surface area contributed by atoms with Gasteiger partial charge in [0.25, 0.3) is 0 Å². The lowest BCUT2D eigenvalue weighted by Crippen LogP contribution is -2.11. The molecule has 0 saturated heterocycles. The zero-order valence-corrected chi connectivity index (χ0v) is 13.8. The minimum Gasteiger partial charge on any atom is -0.335 e. The number of hydrogen-bond donors (Lipinski definition) is 1. The van der Waals surface area contributed by atoms with Gasteiger partial charge in [-0.3, -0.25) is 0 Å². The van der Waals surface area contributed by atoms with Crippen molar-refractivity contribution in [1.82, 2.24) is 14.9 Å². The summed E-state index contributed by atoms with van der Waals surface area (Å²) in [6.45, 7) is 4.16. The third-order valence-electron chi connectivity index (χ3n) is 3.63. The molecule has 1 aromatic heterocycles. The zero-order chi connectivity index (χ0) is 16.4. The SMILES string of the molecule is Cc1ccc(C)c(CSc2nnc(-c3ccc(F)cc3)n2N)c1. The van der Waals surface area contributed by atoms with Crippen molar-refractivity contribution in [1.29, 1.82) is 0 Å². The topological polar surface area (TPSA) is 56.7 Å². The second kappa shape index (κ2) is 6.42. The molecule has 0 spiro atoms. The molecule has 1 heterocycles. The van der Waals surface area contributed by atoms with Crippen molar-refractivity contribution in [3.8, 4) is 11.4 Å². The van der Waals surface area contributed by atoms with E-state index in [-0.39, 0.29) is 5.82 Å². The van der Waals surface area contributed by atoms with Gasteiger partial charge in [0.15, 0.2) is 5.82 Å². The Bertz CT molecular complexity index is 827. The van der Waals surface area contributed by atoms with Crippen LogP contribution in [-0.2, 0) is 5.75 Å². The van der Waals surface area contributed by atoms with Gasteiger partial charge in [-0.15, -0.1) is 10.2 Å². The average Bonchev–Trinajstić information content (AvgIpc) is 2.90. The van der Waals surface area contributed by atoms with Gasteiger partial charge in [0.1, 0.15) is 5.82 Å². The zero-order valence-electron chi connectivity index (χ0n) is 13.0. The molecular weight excluding hydrogens is 311 g/mol. The number of aryl methyl sites for hydroxylation is 2. The fourth-order valence-corrected chi connectivity index (χ4v) is 3.19. The molecule has 0 radical (unpaired) electrons. The number of nitrogen functional groups attached to an aromatic ring is 1. The van der Waals surface area contributed by atoms with E-state index in [2.05, 4.69) is 42.2 Å². The van der Waals surface area contributed by atoms with Crippen molar-refractivity contribution in [2.24, 2.45) is 0 Å². The predicted octanol–water partition coefficient (Wildman–Crippen LogP) is 3.71. The van der Waals surface area contributed by atoms with Gasteiger partial charge in [0.2, 0.25) is 5.16 Å². The summed E-state index contributed by atoms with van der Waals surface area (Å²) in [4.78, 5) is 0. The lowest BCUT2D eigenvalue weighted by atomic mass is 10.1. The molecule has 0 saturated carbocycles. The molecule has 0 unspecified atom stereocenters. The van der Waals surface area contributed by atoms with Crippen LogP contribution >= 0.6 is 11.8 Å². The van der Waals surface area contributed by atoms with E-state index in [9.17, 15) is 4.39 Å². The summed E-state index contributed by atoms with van der Waals surface area (Å²) in [6, 6.07) is 12.4. The molecular formula is C17H17FN4S. The maximum atomic E-state index is 13.0. The quantitative estimate of drug-likeness (QED) is 0.586. The fraction of sp³-hybridized carbons (Fsp3) is 0.176. The van der Waals surface area contributed by atoms with E-state index in [0.717, 1.165) is 11.3 Å². The van der Waals surface area contributed by atoms with Crippen LogP contribution in [-0.4, -0.2) is 14.9 Å². The van der Waals surface area contributed by atoms with Crippen LogP contribution in [0.4, 0.5) is 4.39 Å². The number of nitrogens with zero attached hydrogens (tertiary/aromatic N) is 3. The fourth-order valence-electron chi connectivity index (χ4n) is 2.27. The van der Waals surface area contributed by atoms with Crippen LogP contribution < -0.4 is 5.84 Å². The highest BCUT2D eigenvalue weighted by Gasteiger charge is 2.13. The number of halogens is 1. The molecule has 2 N–H and O–H groups in total. The molecule has 0 aliphatic carbocycles. The van der Waals surface area contributed by atoms with Crippen LogP contribution in [0, 0.1) is 19.7 Å². The Balaban J connectivity index is 1.79. The predicted molar refractivity (Wildman–Crippen MR) is 91.0 cm³/mol. The Morgan fingerprint density at radius 1 is 1.09 bits per heavy atom. The second-order valence-corrected chi connectivity index (χ2v) is 6.34. The van der Waals surface area contributed by atoms with Crippen molar-refractivity contribution < 1.29 is 4.39 Å². The number of nitrogens with two attached hydrogens (primary N) is 1. The van der Waals surface area contributed by atoms with E-state index in [4.69, 9.17) is 5.84 Å². The summed E-state index contributed by atoms with van der Waals surface area (Å²) < 4.78 is 14.5. The highest BCUT2D eigenvalue weighted by Crippen LogP contribution is 2.26. The molecule has 118 valence electrons. The van der Waals surface area contributed by atoms with Crippen molar-refractivity contribution in [2.75, 3.05) is 5.84 Å². The maximum Gasteiger partial charge on any atom is 0.210 e. The Morgan fingerprint density at radius 3 is 2.57 bits per heavy atom. The van der Waals surface area contributed by atoms with Crippen molar-refractivity contribution >= 4 is 11.8 Å². The number of aromatic nitrogens is 3. The molecule has 3 rings (SSSR count). The van der Waals surface area contributed by atoms with Gasteiger partial charge in [0.05, 0.1) is 0 Å². The second-order valence-electron chi connectivity index (χ2n) is 5.40. The van der Waals surface area contributed by atoms with E-state index < -0.39 is 0 Å². The Hall–Kier alpha value is -2.34. The van der Waals surface area contributed by atoms with E-state index in [1.165, 1.54) is 45.3 Å². The van der Waals surface area contributed by atoms with Crippen LogP contribution in [0.25, 0.3) is 11.4 Å². The number of benzene rings is 2. The van der Waals surface area contributed by atoms with E-state index in [0.29, 0.717) is 11.0 Å². The third kappa shape index (κ3) is 3.37. The van der Waals surface area contributed by atoms with Crippen LogP contribution in [0.3, 0.4) is 0 Å². The first-order chi connectivity index (χ1) is 11.0. The highest BCUT2D eigenvalue weighted by molar-refractivity contribution is 7.98. The maximum absolute atomic E-state index is 13.0. The number of thioether (sulfide) groups is 1. The summed E-state index contributed by atoms with van der Waals surface area (Å²) in [5, 5.41) is 8.88. The van der Waals surface area contributed by atoms with Crippen LogP contribution in [0.5, 0.6) is 0 Å². The molecule has 0 aliphatic heterocycles. The molecule has 0 atom stereocenters. The van der Waals surface area contributed by atoms with Gasteiger partial charge in [-0.05, 0) is 49.2 Å². The van der Waals surface area contributed by atoms with Gasteiger partial charge in [-0.1, -0.05) is 35.5 Å². The first kappa shape index (κ1) is 15.6. The van der Waals surface area contributed by atoms with Crippen molar-refractivity contribution in [3.05, 3.63) is 65.0 Å². The van der Waals surface area contributed by atoms with Crippen molar-refractivity contribution in [3.63, 3.8) is 0 Å². The Morgan fingerprint density at radius 2 is 1.83 bits per heavy atom. The van der Waals surface area contributed by atoms with Crippen LogP contribution in [0.2, 0.25) is 0 Å². The summed E-state index contributed by atoms with van der Waals surface area (Å²) in [7, 11) is 0. The number of hydrogen-bond acceptors (Lipinski definition) is 4. The van der Waals surface area contributed by atoms with Crippen LogP contribution in [0.1, 0.15) is 16.7 Å². The molecule has 0 amide bonds. The minimum absolute atomic E-state index is 0.290. The molecule has 4 nitrogen and oxygen atoms in total. The summed E-state index contributed by atoms with van der Waals surface area (Å²) in [6.07, 6.45) is 0. The standard InChI is InChI=1S/C17H17FN4S/c1-11-3-4-12(2)14(9-11)10-23-17-21-20-16(22(17)19)13-5-7-15(18)8-6-13/h3-9H,10,19H2,1-2H3. The lowest BCUT2D eigenvalue weighted by Gasteiger charge is -2.07. The van der Waals surface area contributed by atoms with E-state index in [1.54, 1.807) is 12.1 Å². The molecule has 3 aromatic rings. The molecule has 0 aliphatic rings. The lowest BCUT2D eigenvalue weighted by molar-refractivity contribution is 0.628. The smallest absolute Gasteiger partial charge is 0.210 e. The largest absolute Gasteiger partial charge is 0.335 e. The van der Waals surface area contributed by atoms with Gasteiger partial charge < -0.3 is 5.84 Å². The van der Waals surface area contributed by atoms with Gasteiger partial charge in [0, 0.05) is 11.3 Å². The van der Waals surface area contributed by atoms with Gasteiger partial charge in [-0.2, -0.15) is 0 Å². The summed E-state index contributed by atoms with van der Waals surface area (Å²) >= 11 is 1.53. The highest BCUT2D eigenvalue weighted by atomic mass is 32.2. The average molecular weight is 328 g/mol. The monoisotopic (exact) mass is 328 g/mol. The number of rotatable bonds is 4. The normalized spacial score (nSPS) is 10.9. The molecule has 6 heteroatoms. The molecule has 0 fully saturated rings. The molecule has 0 bridgehead atoms. The Labute approximate surface area is 138 Å². The van der Waals surface area contributed by atoms with E-state index >= 15 is 0 Å². The minimum atomic E-state index is -0.290. The molecule has 2 aromatic carbocycles. The van der Waals surface area contributed by atoms with Gasteiger partial charge in [-0.25, -0.2) is 9.07 Å². The van der Waals surface area contributed by atoms with E-state index in [1.807, 2.05) is 0 Å². The van der Waals surface area contributed by atoms with Crippen LogP contribution in [0.15, 0.2) is 47.6 Å². The first-order valence-electron chi connectivity index (χ1n) is 7.20. The van der Waals surface area contributed by atoms with Gasteiger partial charge >= 0.3 is 0 Å². The Kier molecular flexibility index (Phi) is 4.34. The summed E-state index contributed by atoms with van der Waals surface area (Å²) in [5.74, 6) is 7.08. The van der Waals surface area contributed by atoms with Crippen molar-refractivity contribution in [2.45, 2.75) is 24.8 Å². The summed E-state index contributed by atoms with van der Waals surface area (Å²) in [5.41, 5.74) is 4.46.